The molecule has 0 spiro atoms. The van der Waals surface area contributed by atoms with Crippen LogP contribution >= 0.6 is 0 Å². The molecule has 0 aliphatic rings. The molecule has 2 amide bonds. The highest BCUT2D eigenvalue weighted by Gasteiger charge is 2.25. The molecule has 0 saturated carbocycles. The Hall–Kier alpha value is -4.25. The topological polar surface area (TPSA) is 110 Å². The van der Waals surface area contributed by atoms with Gasteiger partial charge in [0.1, 0.15) is 24.8 Å². The second-order valence-electron chi connectivity index (χ2n) is 8.50. The quantitative estimate of drug-likeness (QED) is 0.346. The molecule has 0 saturated heterocycles. The molecule has 2 aromatic carbocycles. The summed E-state index contributed by atoms with van der Waals surface area (Å²) in [5.74, 6) is 0.195. The number of benzene rings is 2. The Morgan fingerprint density at radius 3 is 1.54 bits per heavy atom. The normalized spacial score (nSPS) is 11.4. The SMILES string of the molecule is CCn1cc[n+](C)c1C(=O)Nc1cccc(S(=O)(=O)c2cccc(NC(=O)c3n(CC)cc[n+]3C)c2)c1. The molecule has 0 atom stereocenters. The van der Waals surface area contributed by atoms with Crippen molar-refractivity contribution in [3.8, 4) is 0 Å². The van der Waals surface area contributed by atoms with Crippen LogP contribution in [0.5, 0.6) is 0 Å². The van der Waals surface area contributed by atoms with Gasteiger partial charge in [-0.25, -0.2) is 26.7 Å². The molecule has 2 N–H and O–H groups in total. The number of carbonyl (C=O) groups is 2. The number of imidazole rings is 2. The van der Waals surface area contributed by atoms with Crippen molar-refractivity contribution in [1.29, 1.82) is 0 Å². The number of rotatable bonds is 8. The van der Waals surface area contributed by atoms with Crippen LogP contribution in [0.2, 0.25) is 0 Å². The summed E-state index contributed by atoms with van der Waals surface area (Å²) >= 11 is 0. The minimum absolute atomic E-state index is 0.0234. The van der Waals surface area contributed by atoms with Crippen LogP contribution in [0.3, 0.4) is 0 Å². The van der Waals surface area contributed by atoms with Gasteiger partial charge in [-0.2, -0.15) is 0 Å². The largest absolute Gasteiger partial charge is 0.348 e. The van der Waals surface area contributed by atoms with Crippen LogP contribution in [0.15, 0.2) is 83.1 Å². The molecule has 0 radical (unpaired) electrons. The Kier molecular flexibility index (Phi) is 7.25. The standard InChI is InChI=1S/C26H28N6O4S/c1-5-31-15-13-29(3)25(31)23(33)27-19-9-7-11-21(17-19)37(35,36)22-12-8-10-20(18-22)28-24(34)26-30(4)14-16-32(26)6-2/h7-18H,5-6H2,1-4H3/p+2. The van der Waals surface area contributed by atoms with Crippen molar-refractivity contribution in [1.82, 2.24) is 9.13 Å². The van der Waals surface area contributed by atoms with E-state index in [0.717, 1.165) is 0 Å². The molecule has 4 aromatic rings. The lowest BCUT2D eigenvalue weighted by molar-refractivity contribution is -0.672. The summed E-state index contributed by atoms with van der Waals surface area (Å²) in [4.78, 5) is 25.8. The number of sulfone groups is 1. The summed E-state index contributed by atoms with van der Waals surface area (Å²) < 4.78 is 33.9. The number of amides is 2. The first-order chi connectivity index (χ1) is 17.6. The number of anilines is 2. The maximum atomic E-state index is 13.4. The predicted octanol–water partition coefficient (Wildman–Crippen LogP) is 2.32. The maximum Gasteiger partial charge on any atom is 0.348 e. The summed E-state index contributed by atoms with van der Waals surface area (Å²) in [6, 6.07) is 12.2. The minimum Gasteiger partial charge on any atom is -0.315 e. The molecule has 2 aromatic heterocycles. The van der Waals surface area contributed by atoms with E-state index in [9.17, 15) is 18.0 Å². The Bertz CT molecular complexity index is 1470. The summed E-state index contributed by atoms with van der Waals surface area (Å²) in [6.07, 6.45) is 7.18. The fourth-order valence-corrected chi connectivity index (χ4v) is 5.48. The third-order valence-electron chi connectivity index (χ3n) is 6.04. The van der Waals surface area contributed by atoms with Gasteiger partial charge in [-0.3, -0.25) is 9.59 Å². The van der Waals surface area contributed by atoms with Gasteiger partial charge in [0.2, 0.25) is 9.84 Å². The van der Waals surface area contributed by atoms with E-state index in [1.54, 1.807) is 81.4 Å². The third kappa shape index (κ3) is 5.17. The van der Waals surface area contributed by atoms with Gasteiger partial charge in [-0.05, 0) is 50.2 Å². The molecule has 11 heteroatoms. The molecule has 2 heterocycles. The fourth-order valence-electron chi connectivity index (χ4n) is 4.13. The summed E-state index contributed by atoms with van der Waals surface area (Å²) in [6.45, 7) is 5.10. The lowest BCUT2D eigenvalue weighted by atomic mass is 10.3. The number of nitrogens with zero attached hydrogens (tertiary/aromatic N) is 4. The van der Waals surface area contributed by atoms with Gasteiger partial charge in [-0.1, -0.05) is 12.1 Å². The van der Waals surface area contributed by atoms with Gasteiger partial charge in [0.15, 0.2) is 0 Å². The zero-order valence-corrected chi connectivity index (χ0v) is 22.0. The van der Waals surface area contributed by atoms with Crippen LogP contribution in [0.1, 0.15) is 35.1 Å². The number of nitrogens with one attached hydrogen (secondary N) is 2. The number of hydrogen-bond donors (Lipinski definition) is 2. The van der Waals surface area contributed by atoms with E-state index in [2.05, 4.69) is 10.6 Å². The van der Waals surface area contributed by atoms with Crippen LogP contribution in [0.4, 0.5) is 11.4 Å². The average molecular weight is 523 g/mol. The van der Waals surface area contributed by atoms with Crippen molar-refractivity contribution in [2.45, 2.75) is 36.7 Å². The molecule has 0 aliphatic heterocycles. The van der Waals surface area contributed by atoms with Crippen LogP contribution in [0.25, 0.3) is 0 Å². The molecular weight excluding hydrogens is 492 g/mol. The Labute approximate surface area is 215 Å². The summed E-state index contributed by atoms with van der Waals surface area (Å²) in [5, 5.41) is 5.57. The van der Waals surface area contributed by atoms with Crippen LogP contribution in [-0.4, -0.2) is 29.4 Å². The lowest BCUT2D eigenvalue weighted by Crippen LogP contribution is -2.37. The average Bonchev–Trinajstić information content (AvgIpc) is 3.45. The van der Waals surface area contributed by atoms with E-state index in [0.29, 0.717) is 36.1 Å². The first kappa shape index (κ1) is 25.8. The molecular formula is C26H30N6O4S+2. The highest BCUT2D eigenvalue weighted by atomic mass is 32.2. The highest BCUT2D eigenvalue weighted by Crippen LogP contribution is 2.25. The van der Waals surface area contributed by atoms with E-state index in [1.165, 1.54) is 24.3 Å². The van der Waals surface area contributed by atoms with Crippen molar-refractivity contribution in [3.63, 3.8) is 0 Å². The Morgan fingerprint density at radius 2 is 1.16 bits per heavy atom. The zero-order valence-electron chi connectivity index (χ0n) is 21.2. The molecule has 0 unspecified atom stereocenters. The van der Waals surface area contributed by atoms with Gasteiger partial charge in [0.05, 0.1) is 37.0 Å². The summed E-state index contributed by atoms with van der Waals surface area (Å²) in [5.41, 5.74) is 0.708. The molecule has 0 bridgehead atoms. The second-order valence-corrected chi connectivity index (χ2v) is 10.5. The van der Waals surface area contributed by atoms with Gasteiger partial charge >= 0.3 is 23.5 Å². The first-order valence-electron chi connectivity index (χ1n) is 11.8. The number of aryl methyl sites for hydroxylation is 4. The van der Waals surface area contributed by atoms with Gasteiger partial charge in [0.25, 0.3) is 0 Å². The molecule has 0 aliphatic carbocycles. The zero-order chi connectivity index (χ0) is 26.7. The highest BCUT2D eigenvalue weighted by molar-refractivity contribution is 7.91. The van der Waals surface area contributed by atoms with E-state index in [-0.39, 0.29) is 21.6 Å². The van der Waals surface area contributed by atoms with Crippen LogP contribution in [-0.2, 0) is 37.0 Å². The van der Waals surface area contributed by atoms with Crippen LogP contribution in [0, 0.1) is 0 Å². The van der Waals surface area contributed by atoms with E-state index < -0.39 is 9.84 Å². The van der Waals surface area contributed by atoms with E-state index in [4.69, 9.17) is 0 Å². The Balaban J connectivity index is 1.58. The third-order valence-corrected chi connectivity index (χ3v) is 7.79. The van der Waals surface area contributed by atoms with E-state index in [1.807, 2.05) is 13.8 Å². The smallest absolute Gasteiger partial charge is 0.315 e. The molecule has 192 valence electrons. The maximum absolute atomic E-state index is 13.4. The molecule has 4 rings (SSSR count). The van der Waals surface area contributed by atoms with Gasteiger partial charge in [0, 0.05) is 11.4 Å². The molecule has 10 nitrogen and oxygen atoms in total. The Morgan fingerprint density at radius 1 is 0.757 bits per heavy atom. The van der Waals surface area contributed by atoms with Crippen molar-refractivity contribution < 1.29 is 27.1 Å². The van der Waals surface area contributed by atoms with Gasteiger partial charge < -0.3 is 10.6 Å². The van der Waals surface area contributed by atoms with Crippen molar-refractivity contribution in [3.05, 3.63) is 85.0 Å². The fraction of sp³-hybridized carbons (Fsp3) is 0.231. The monoisotopic (exact) mass is 522 g/mol. The number of aromatic nitrogens is 4. The summed E-state index contributed by atoms with van der Waals surface area (Å²) in [7, 11) is -0.386. The van der Waals surface area contributed by atoms with Crippen molar-refractivity contribution >= 4 is 33.0 Å². The van der Waals surface area contributed by atoms with E-state index >= 15 is 0 Å². The predicted molar refractivity (Wildman–Crippen MR) is 137 cm³/mol. The van der Waals surface area contributed by atoms with Gasteiger partial charge in [-0.15, -0.1) is 0 Å². The minimum atomic E-state index is -3.93. The first-order valence-corrected chi connectivity index (χ1v) is 13.3. The second kappa shape index (κ2) is 10.4. The molecule has 37 heavy (non-hydrogen) atoms. The number of hydrogen-bond acceptors (Lipinski definition) is 4. The molecule has 0 fully saturated rings. The number of carbonyl (C=O) groups excluding carboxylic acids is 2. The van der Waals surface area contributed by atoms with Crippen molar-refractivity contribution in [2.24, 2.45) is 14.1 Å². The lowest BCUT2D eigenvalue weighted by Gasteiger charge is -2.10. The van der Waals surface area contributed by atoms with Crippen molar-refractivity contribution in [2.75, 3.05) is 10.6 Å². The van der Waals surface area contributed by atoms with Crippen LogP contribution < -0.4 is 19.8 Å².